The van der Waals surface area contributed by atoms with Gasteiger partial charge in [-0.05, 0) is 49.4 Å². The van der Waals surface area contributed by atoms with E-state index in [0.717, 1.165) is 5.69 Å². The van der Waals surface area contributed by atoms with Crippen LogP contribution in [0.5, 0.6) is 0 Å². The Morgan fingerprint density at radius 2 is 1.75 bits per heavy atom. The minimum Gasteiger partial charge on any atom is -0.322 e. The molecule has 9 heteroatoms. The molecule has 144 valence electrons. The van der Waals surface area contributed by atoms with Crippen molar-refractivity contribution in [1.29, 1.82) is 0 Å². The summed E-state index contributed by atoms with van der Waals surface area (Å²) >= 11 is 12.1. The van der Waals surface area contributed by atoms with E-state index in [-0.39, 0.29) is 26.3 Å². The Bertz CT molecular complexity index is 1130. The van der Waals surface area contributed by atoms with E-state index in [1.165, 1.54) is 30.5 Å². The molecule has 2 aromatic carbocycles. The number of para-hydroxylation sites is 1. The largest absolute Gasteiger partial charge is 0.322 e. The lowest BCUT2D eigenvalue weighted by Gasteiger charge is -2.12. The molecule has 1 aromatic heterocycles. The molecule has 1 heterocycles. The second kappa shape index (κ2) is 8.18. The number of aryl methyl sites for hydroxylation is 1. The molecule has 0 saturated carbocycles. The molecule has 3 aromatic rings. The Balaban J connectivity index is 1.87. The van der Waals surface area contributed by atoms with E-state index in [9.17, 15) is 13.2 Å². The first-order valence-electron chi connectivity index (χ1n) is 8.07. The highest BCUT2D eigenvalue weighted by Crippen LogP contribution is 2.29. The second-order valence-corrected chi connectivity index (χ2v) is 8.34. The maximum absolute atomic E-state index is 12.7. The third-order valence-electron chi connectivity index (χ3n) is 3.77. The number of rotatable bonds is 5. The summed E-state index contributed by atoms with van der Waals surface area (Å²) in [6.07, 6.45) is 1.44. The van der Waals surface area contributed by atoms with Gasteiger partial charge in [0.25, 0.3) is 15.9 Å². The third kappa shape index (κ3) is 4.62. The van der Waals surface area contributed by atoms with Crippen LogP contribution in [0.2, 0.25) is 10.0 Å². The monoisotopic (exact) mass is 435 g/mol. The van der Waals surface area contributed by atoms with Gasteiger partial charge in [0.2, 0.25) is 0 Å². The van der Waals surface area contributed by atoms with Crippen LogP contribution in [0.1, 0.15) is 16.1 Å². The average molecular weight is 436 g/mol. The molecule has 28 heavy (non-hydrogen) atoms. The number of hydrogen-bond donors (Lipinski definition) is 2. The number of hydrogen-bond acceptors (Lipinski definition) is 4. The van der Waals surface area contributed by atoms with Crippen molar-refractivity contribution in [2.24, 2.45) is 0 Å². The van der Waals surface area contributed by atoms with Gasteiger partial charge >= 0.3 is 0 Å². The normalized spacial score (nSPS) is 11.1. The molecule has 1 amide bonds. The first-order valence-corrected chi connectivity index (χ1v) is 10.3. The number of anilines is 2. The van der Waals surface area contributed by atoms with Gasteiger partial charge < -0.3 is 5.32 Å². The van der Waals surface area contributed by atoms with Crippen molar-refractivity contribution < 1.29 is 13.2 Å². The zero-order valence-corrected chi connectivity index (χ0v) is 16.9. The molecule has 0 fully saturated rings. The van der Waals surface area contributed by atoms with Gasteiger partial charge in [0.05, 0.1) is 21.3 Å². The van der Waals surface area contributed by atoms with Gasteiger partial charge in [-0.2, -0.15) is 0 Å². The van der Waals surface area contributed by atoms with E-state index in [2.05, 4.69) is 15.0 Å². The van der Waals surface area contributed by atoms with Crippen LogP contribution in [0.4, 0.5) is 11.4 Å². The molecule has 0 aliphatic heterocycles. The molecule has 0 aliphatic rings. The standard InChI is InChI=1S/C19H15Cl2N3O3S/c1-12-6-7-13(11-22-12)19(25)23-14-8-9-16(21)18(10-14)28(26,27)24-17-5-3-2-4-15(17)20/h2-11,24H,1H3,(H,23,25). The predicted molar refractivity (Wildman–Crippen MR) is 111 cm³/mol. The van der Waals surface area contributed by atoms with E-state index < -0.39 is 15.9 Å². The molecule has 3 rings (SSSR count). The number of benzene rings is 2. The van der Waals surface area contributed by atoms with Gasteiger partial charge in [-0.3, -0.25) is 14.5 Å². The summed E-state index contributed by atoms with van der Waals surface area (Å²) in [5.41, 5.74) is 1.62. The average Bonchev–Trinajstić information content (AvgIpc) is 2.65. The van der Waals surface area contributed by atoms with E-state index >= 15 is 0 Å². The number of aromatic nitrogens is 1. The Labute approximate surface area is 172 Å². The van der Waals surface area contributed by atoms with Crippen molar-refractivity contribution >= 4 is 50.5 Å². The van der Waals surface area contributed by atoms with Crippen LogP contribution >= 0.6 is 23.2 Å². The quantitative estimate of drug-likeness (QED) is 0.604. The van der Waals surface area contributed by atoms with Crippen LogP contribution in [-0.4, -0.2) is 19.3 Å². The van der Waals surface area contributed by atoms with Gasteiger partial charge in [0, 0.05) is 17.6 Å². The summed E-state index contributed by atoms with van der Waals surface area (Å²) in [7, 11) is -4.03. The van der Waals surface area contributed by atoms with Crippen LogP contribution < -0.4 is 10.0 Å². The fourth-order valence-electron chi connectivity index (χ4n) is 2.34. The maximum atomic E-state index is 12.7. The third-order valence-corrected chi connectivity index (χ3v) is 5.95. The number of carbonyl (C=O) groups is 1. The van der Waals surface area contributed by atoms with Crippen LogP contribution in [-0.2, 0) is 10.0 Å². The van der Waals surface area contributed by atoms with E-state index in [1.54, 1.807) is 30.3 Å². The number of amides is 1. The van der Waals surface area contributed by atoms with Gasteiger partial charge in [-0.1, -0.05) is 35.3 Å². The summed E-state index contributed by atoms with van der Waals surface area (Å²) in [5, 5.41) is 2.89. The fourth-order valence-corrected chi connectivity index (χ4v) is 4.18. The molecular formula is C19H15Cl2N3O3S. The van der Waals surface area contributed by atoms with Crippen molar-refractivity contribution in [3.8, 4) is 0 Å². The van der Waals surface area contributed by atoms with Crippen LogP contribution in [0.15, 0.2) is 65.7 Å². The van der Waals surface area contributed by atoms with Crippen LogP contribution in [0.25, 0.3) is 0 Å². The molecule has 0 bridgehead atoms. The molecule has 0 aliphatic carbocycles. The zero-order valence-electron chi connectivity index (χ0n) is 14.6. The van der Waals surface area contributed by atoms with E-state index in [0.29, 0.717) is 5.56 Å². The Hall–Kier alpha value is -2.61. The summed E-state index contributed by atoms with van der Waals surface area (Å²) < 4.78 is 27.9. The Morgan fingerprint density at radius 3 is 2.43 bits per heavy atom. The predicted octanol–water partition coefficient (Wildman–Crippen LogP) is 4.75. The summed E-state index contributed by atoms with van der Waals surface area (Å²) in [6.45, 7) is 1.81. The molecule has 0 atom stereocenters. The van der Waals surface area contributed by atoms with Gasteiger partial charge in [-0.15, -0.1) is 0 Å². The molecule has 0 saturated heterocycles. The lowest BCUT2D eigenvalue weighted by Crippen LogP contribution is -2.16. The van der Waals surface area contributed by atoms with Crippen LogP contribution in [0, 0.1) is 6.92 Å². The zero-order chi connectivity index (χ0) is 20.3. The number of nitrogens with zero attached hydrogens (tertiary/aromatic N) is 1. The lowest BCUT2D eigenvalue weighted by molar-refractivity contribution is 0.102. The van der Waals surface area contributed by atoms with Gasteiger partial charge in [0.15, 0.2) is 0 Å². The highest BCUT2D eigenvalue weighted by atomic mass is 35.5. The molecule has 2 N–H and O–H groups in total. The van der Waals surface area contributed by atoms with Gasteiger partial charge in [0.1, 0.15) is 4.90 Å². The molecular weight excluding hydrogens is 421 g/mol. The maximum Gasteiger partial charge on any atom is 0.263 e. The first-order chi connectivity index (χ1) is 13.3. The van der Waals surface area contributed by atoms with Gasteiger partial charge in [-0.25, -0.2) is 8.42 Å². The number of nitrogens with one attached hydrogen (secondary N) is 2. The molecule has 6 nitrogen and oxygen atoms in total. The smallest absolute Gasteiger partial charge is 0.263 e. The van der Waals surface area contributed by atoms with Crippen molar-refractivity contribution in [3.63, 3.8) is 0 Å². The minimum absolute atomic E-state index is 0.00885. The topological polar surface area (TPSA) is 88.2 Å². The van der Waals surface area contributed by atoms with E-state index in [4.69, 9.17) is 23.2 Å². The van der Waals surface area contributed by atoms with Crippen LogP contribution in [0.3, 0.4) is 0 Å². The SMILES string of the molecule is Cc1ccc(C(=O)Nc2ccc(Cl)c(S(=O)(=O)Nc3ccccc3Cl)c2)cn1. The fraction of sp³-hybridized carbons (Fsp3) is 0.0526. The van der Waals surface area contributed by atoms with E-state index in [1.807, 2.05) is 6.92 Å². The highest BCUT2D eigenvalue weighted by Gasteiger charge is 2.20. The summed E-state index contributed by atoms with van der Waals surface area (Å²) in [4.78, 5) is 16.2. The van der Waals surface area contributed by atoms with Crippen molar-refractivity contribution in [2.45, 2.75) is 11.8 Å². The Kier molecular flexibility index (Phi) is 5.88. The number of pyridine rings is 1. The van der Waals surface area contributed by atoms with Crippen molar-refractivity contribution in [2.75, 3.05) is 10.0 Å². The van der Waals surface area contributed by atoms with Crippen molar-refractivity contribution in [1.82, 2.24) is 4.98 Å². The van der Waals surface area contributed by atoms with Crippen molar-refractivity contribution in [3.05, 3.63) is 82.1 Å². The molecule has 0 radical (unpaired) electrons. The number of carbonyl (C=O) groups excluding carboxylic acids is 1. The number of halogens is 2. The summed E-state index contributed by atoms with van der Waals surface area (Å²) in [5.74, 6) is -0.419. The highest BCUT2D eigenvalue weighted by molar-refractivity contribution is 7.92. The summed E-state index contributed by atoms with van der Waals surface area (Å²) in [6, 6.07) is 13.9. The molecule has 0 unspecified atom stereocenters. The minimum atomic E-state index is -4.03. The molecule has 0 spiro atoms. The lowest BCUT2D eigenvalue weighted by atomic mass is 10.2. The second-order valence-electron chi connectivity index (χ2n) is 5.87. The Morgan fingerprint density at radius 1 is 1.00 bits per heavy atom. The first kappa shape index (κ1) is 20.1. The number of sulfonamides is 1.